The fourth-order valence-corrected chi connectivity index (χ4v) is 4.94. The molecule has 1 heterocycles. The number of esters is 1. The van der Waals surface area contributed by atoms with Gasteiger partial charge >= 0.3 is 5.97 Å². The maximum absolute atomic E-state index is 12.5. The minimum atomic E-state index is -3.40. The van der Waals surface area contributed by atoms with Crippen LogP contribution in [-0.2, 0) is 26.0 Å². The van der Waals surface area contributed by atoms with Gasteiger partial charge in [0.25, 0.3) is 5.91 Å². The van der Waals surface area contributed by atoms with Gasteiger partial charge < -0.3 is 10.1 Å². The first kappa shape index (κ1) is 21.8. The van der Waals surface area contributed by atoms with E-state index in [4.69, 9.17) is 4.74 Å². The number of nitrogens with zero attached hydrogens (tertiary/aromatic N) is 1. The second kappa shape index (κ2) is 8.47. The minimum Gasteiger partial charge on any atom is -0.449 e. The van der Waals surface area contributed by atoms with E-state index in [1.165, 1.54) is 17.3 Å². The zero-order valence-corrected chi connectivity index (χ0v) is 18.3. The van der Waals surface area contributed by atoms with Crippen LogP contribution in [0, 0.1) is 0 Å². The number of ether oxygens (including phenoxy) is 1. The van der Waals surface area contributed by atoms with Gasteiger partial charge in [-0.3, -0.25) is 9.10 Å². The molecule has 3 unspecified atom stereocenters. The summed E-state index contributed by atoms with van der Waals surface area (Å²) >= 11 is 0. The van der Waals surface area contributed by atoms with Gasteiger partial charge in [-0.1, -0.05) is 30.3 Å². The lowest BCUT2D eigenvalue weighted by Gasteiger charge is -2.22. The molecule has 0 aliphatic carbocycles. The Morgan fingerprint density at radius 1 is 1.13 bits per heavy atom. The van der Waals surface area contributed by atoms with E-state index in [9.17, 15) is 18.0 Å². The van der Waals surface area contributed by atoms with Gasteiger partial charge in [0.2, 0.25) is 10.0 Å². The molecule has 1 N–H and O–H groups in total. The molecule has 1 aliphatic heterocycles. The Balaban J connectivity index is 1.66. The molecule has 1 aliphatic rings. The Morgan fingerprint density at radius 3 is 2.43 bits per heavy atom. The summed E-state index contributed by atoms with van der Waals surface area (Å²) < 4.78 is 30.7. The van der Waals surface area contributed by atoms with Crippen molar-refractivity contribution in [1.29, 1.82) is 0 Å². The molecule has 3 rings (SSSR count). The lowest BCUT2D eigenvalue weighted by molar-refractivity contribution is -0.129. The average Bonchev–Trinajstić information content (AvgIpc) is 3.03. The van der Waals surface area contributed by atoms with Crippen LogP contribution in [0.25, 0.3) is 0 Å². The van der Waals surface area contributed by atoms with Gasteiger partial charge in [0.05, 0.1) is 23.5 Å². The molecule has 0 fully saturated rings. The van der Waals surface area contributed by atoms with Crippen molar-refractivity contribution in [3.05, 3.63) is 65.2 Å². The van der Waals surface area contributed by atoms with Crippen LogP contribution in [0.1, 0.15) is 48.3 Å². The summed E-state index contributed by atoms with van der Waals surface area (Å²) in [5.74, 6) is -1.02. The number of carbonyl (C=O) groups is 2. The molecule has 2 aromatic rings. The van der Waals surface area contributed by atoms with Crippen molar-refractivity contribution < 1.29 is 22.7 Å². The topological polar surface area (TPSA) is 92.8 Å². The summed E-state index contributed by atoms with van der Waals surface area (Å²) in [4.78, 5) is 25.0. The number of anilines is 1. The molecule has 8 heteroatoms. The fourth-order valence-electron chi connectivity index (χ4n) is 3.67. The summed E-state index contributed by atoms with van der Waals surface area (Å²) in [6.45, 7) is 5.20. The van der Waals surface area contributed by atoms with Gasteiger partial charge in [-0.2, -0.15) is 0 Å². The van der Waals surface area contributed by atoms with Gasteiger partial charge in [-0.05, 0) is 56.5 Å². The predicted octanol–water partition coefficient (Wildman–Crippen LogP) is 2.82. The van der Waals surface area contributed by atoms with E-state index in [1.54, 1.807) is 12.1 Å². The summed E-state index contributed by atoms with van der Waals surface area (Å²) in [5.41, 5.74) is 2.57. The maximum Gasteiger partial charge on any atom is 0.338 e. The van der Waals surface area contributed by atoms with E-state index in [-0.39, 0.29) is 17.6 Å². The average molecular weight is 431 g/mol. The van der Waals surface area contributed by atoms with E-state index in [2.05, 4.69) is 5.32 Å². The molecule has 0 spiro atoms. The maximum atomic E-state index is 12.5. The Kier molecular flexibility index (Phi) is 6.17. The molecule has 0 bridgehead atoms. The van der Waals surface area contributed by atoms with Gasteiger partial charge in [0.1, 0.15) is 0 Å². The van der Waals surface area contributed by atoms with Gasteiger partial charge in [0, 0.05) is 6.04 Å². The molecule has 30 heavy (non-hydrogen) atoms. The van der Waals surface area contributed by atoms with Crippen LogP contribution in [0.4, 0.5) is 5.69 Å². The van der Waals surface area contributed by atoms with Crippen molar-refractivity contribution in [1.82, 2.24) is 5.32 Å². The van der Waals surface area contributed by atoms with Crippen molar-refractivity contribution in [2.24, 2.45) is 0 Å². The van der Waals surface area contributed by atoms with E-state index in [0.29, 0.717) is 12.1 Å². The number of sulfonamides is 1. The second-order valence-corrected chi connectivity index (χ2v) is 9.50. The van der Waals surface area contributed by atoms with Crippen LogP contribution in [0.2, 0.25) is 0 Å². The first-order valence-electron chi connectivity index (χ1n) is 9.76. The monoisotopic (exact) mass is 430 g/mol. The number of amides is 1. The molecule has 3 atom stereocenters. The minimum absolute atomic E-state index is 0.217. The third-order valence-electron chi connectivity index (χ3n) is 5.14. The molecule has 0 aromatic heterocycles. The highest BCUT2D eigenvalue weighted by Gasteiger charge is 2.33. The summed E-state index contributed by atoms with van der Waals surface area (Å²) in [6.07, 6.45) is 0.703. The van der Waals surface area contributed by atoms with Crippen LogP contribution >= 0.6 is 0 Å². The van der Waals surface area contributed by atoms with Crippen LogP contribution in [-0.4, -0.2) is 38.7 Å². The normalized spacial score (nSPS) is 17.7. The molecular weight excluding hydrogens is 404 g/mol. The number of benzene rings is 2. The van der Waals surface area contributed by atoms with Gasteiger partial charge in [-0.25, -0.2) is 13.2 Å². The first-order valence-corrected chi connectivity index (χ1v) is 11.6. The number of nitrogens with one attached hydrogen (secondary N) is 1. The standard InChI is InChI=1S/C22H26N2O5S/c1-14-12-19-13-18(10-11-20(19)24(14)30(4,27)28)22(26)29-16(3)21(25)23-15(2)17-8-6-5-7-9-17/h5-11,13-16H,12H2,1-4H3,(H,23,25). The number of fused-ring (bicyclic) bond motifs is 1. The van der Waals surface area contributed by atoms with Crippen LogP contribution in [0.3, 0.4) is 0 Å². The lowest BCUT2D eigenvalue weighted by Crippen LogP contribution is -2.37. The summed E-state index contributed by atoms with van der Waals surface area (Å²) in [5, 5.41) is 2.83. The Labute approximate surface area is 177 Å². The third-order valence-corrected chi connectivity index (χ3v) is 6.41. The van der Waals surface area contributed by atoms with Crippen molar-refractivity contribution in [2.75, 3.05) is 10.6 Å². The molecule has 160 valence electrons. The molecule has 0 saturated carbocycles. The number of hydrogen-bond acceptors (Lipinski definition) is 5. The number of carbonyl (C=O) groups excluding carboxylic acids is 2. The molecule has 1 amide bonds. The summed E-state index contributed by atoms with van der Waals surface area (Å²) in [7, 11) is -3.40. The van der Waals surface area contributed by atoms with Crippen molar-refractivity contribution in [2.45, 2.75) is 45.4 Å². The smallest absolute Gasteiger partial charge is 0.338 e. The van der Waals surface area contributed by atoms with E-state index in [0.717, 1.165) is 17.4 Å². The zero-order chi connectivity index (χ0) is 22.1. The fraction of sp³-hybridized carbons (Fsp3) is 0.364. The third kappa shape index (κ3) is 4.64. The lowest BCUT2D eigenvalue weighted by atomic mass is 10.1. The quantitative estimate of drug-likeness (QED) is 0.712. The van der Waals surface area contributed by atoms with E-state index in [1.807, 2.05) is 44.2 Å². The Hall–Kier alpha value is -2.87. The number of rotatable bonds is 6. The zero-order valence-electron chi connectivity index (χ0n) is 17.5. The highest BCUT2D eigenvalue weighted by atomic mass is 32.2. The van der Waals surface area contributed by atoms with Gasteiger partial charge in [-0.15, -0.1) is 0 Å². The molecule has 2 aromatic carbocycles. The first-order chi connectivity index (χ1) is 14.1. The second-order valence-electron chi connectivity index (χ2n) is 7.64. The highest BCUT2D eigenvalue weighted by Crippen LogP contribution is 2.34. The van der Waals surface area contributed by atoms with Crippen molar-refractivity contribution in [3.8, 4) is 0 Å². The molecular formula is C22H26N2O5S. The van der Waals surface area contributed by atoms with Crippen LogP contribution in [0.5, 0.6) is 0 Å². The molecule has 0 radical (unpaired) electrons. The van der Waals surface area contributed by atoms with Crippen molar-refractivity contribution in [3.63, 3.8) is 0 Å². The Morgan fingerprint density at radius 2 is 1.80 bits per heavy atom. The number of hydrogen-bond donors (Lipinski definition) is 1. The SMILES string of the molecule is CC(OC(=O)c1ccc2c(c1)CC(C)N2S(C)(=O)=O)C(=O)NC(C)c1ccccc1. The summed E-state index contributed by atoms with van der Waals surface area (Å²) in [6, 6.07) is 13.8. The molecule has 0 saturated heterocycles. The van der Waals surface area contributed by atoms with Crippen LogP contribution in [0.15, 0.2) is 48.5 Å². The van der Waals surface area contributed by atoms with E-state index < -0.39 is 28.0 Å². The predicted molar refractivity (Wildman–Crippen MR) is 115 cm³/mol. The highest BCUT2D eigenvalue weighted by molar-refractivity contribution is 7.92. The van der Waals surface area contributed by atoms with Gasteiger partial charge in [0.15, 0.2) is 6.10 Å². The van der Waals surface area contributed by atoms with E-state index >= 15 is 0 Å². The van der Waals surface area contributed by atoms with Crippen LogP contribution < -0.4 is 9.62 Å². The largest absolute Gasteiger partial charge is 0.449 e. The molecule has 7 nitrogen and oxygen atoms in total. The Bertz CT molecular complexity index is 1050. The van der Waals surface area contributed by atoms with Crippen molar-refractivity contribution >= 4 is 27.6 Å².